The van der Waals surface area contributed by atoms with Crippen molar-refractivity contribution in [1.29, 1.82) is 0 Å². The molecule has 0 atom stereocenters. The quantitative estimate of drug-likeness (QED) is 0.846. The lowest BCUT2D eigenvalue weighted by atomic mass is 10.2. The minimum absolute atomic E-state index is 0.570. The van der Waals surface area contributed by atoms with E-state index in [-0.39, 0.29) is 0 Å². The van der Waals surface area contributed by atoms with Crippen LogP contribution in [-0.4, -0.2) is 34.1 Å². The van der Waals surface area contributed by atoms with Crippen LogP contribution in [0.2, 0.25) is 0 Å². The predicted octanol–water partition coefficient (Wildman–Crippen LogP) is 1.84. The van der Waals surface area contributed by atoms with Gasteiger partial charge in [-0.3, -0.25) is 0 Å². The Bertz CT molecular complexity index is 499. The molecule has 0 fully saturated rings. The van der Waals surface area contributed by atoms with E-state index in [2.05, 4.69) is 40.6 Å². The van der Waals surface area contributed by atoms with Gasteiger partial charge in [-0.1, -0.05) is 13.8 Å². The molecular weight excluding hydrogens is 224 g/mol. The highest BCUT2D eigenvalue weighted by Gasteiger charge is 2.08. The third kappa shape index (κ3) is 2.54. The monoisotopic (exact) mass is 246 g/mol. The summed E-state index contributed by atoms with van der Waals surface area (Å²) in [6.45, 7) is 9.16. The Kier molecular flexibility index (Phi) is 4.33. The molecule has 0 radical (unpaired) electrons. The number of nitrogens with two attached hydrogens (primary N) is 1. The number of likely N-dealkylation sites (N-methyl/N-ethyl adjacent to an activating group) is 1. The molecule has 0 aromatic carbocycles. The van der Waals surface area contributed by atoms with E-state index >= 15 is 0 Å². The van der Waals surface area contributed by atoms with Gasteiger partial charge in [-0.15, -0.1) is 0 Å². The molecule has 98 valence electrons. The summed E-state index contributed by atoms with van der Waals surface area (Å²) < 4.78 is 2.22. The lowest BCUT2D eigenvalue weighted by molar-refractivity contribution is 0.292. The normalized spacial score (nSPS) is 11.6. The van der Waals surface area contributed by atoms with Crippen LogP contribution in [0.3, 0.4) is 0 Å². The average molecular weight is 246 g/mol. The Morgan fingerprint density at radius 1 is 1.33 bits per heavy atom. The minimum Gasteiger partial charge on any atom is -0.331 e. The number of hydrogen-bond acceptors (Lipinski definition) is 3. The first kappa shape index (κ1) is 13.1. The van der Waals surface area contributed by atoms with Crippen LogP contribution in [0, 0.1) is 0 Å². The van der Waals surface area contributed by atoms with Gasteiger partial charge in [-0.2, -0.15) is 0 Å². The van der Waals surface area contributed by atoms with Gasteiger partial charge < -0.3 is 15.2 Å². The lowest BCUT2D eigenvalue weighted by Gasteiger charge is -2.18. The van der Waals surface area contributed by atoms with E-state index in [1.165, 1.54) is 10.9 Å². The maximum Gasteiger partial charge on any atom is 0.140 e. The second-order valence-electron chi connectivity index (χ2n) is 4.45. The number of fused-ring (bicyclic) bond motifs is 1. The first-order chi connectivity index (χ1) is 8.80. The van der Waals surface area contributed by atoms with Crippen LogP contribution in [-0.2, 0) is 13.1 Å². The zero-order valence-electron chi connectivity index (χ0n) is 11.3. The van der Waals surface area contributed by atoms with Crippen LogP contribution in [0.5, 0.6) is 0 Å². The highest BCUT2D eigenvalue weighted by atomic mass is 15.1. The number of nitrogens with zero attached hydrogens (tertiary/aromatic N) is 3. The first-order valence-corrected chi connectivity index (χ1v) is 6.65. The van der Waals surface area contributed by atoms with Crippen molar-refractivity contribution in [3.05, 3.63) is 30.1 Å². The smallest absolute Gasteiger partial charge is 0.140 e. The van der Waals surface area contributed by atoms with E-state index < -0.39 is 0 Å². The molecule has 2 N–H and O–H groups in total. The fourth-order valence-electron chi connectivity index (χ4n) is 2.32. The van der Waals surface area contributed by atoms with E-state index in [9.17, 15) is 0 Å². The molecule has 18 heavy (non-hydrogen) atoms. The zero-order chi connectivity index (χ0) is 13.0. The standard InChI is InChI=1S/C14H22N4/c1-3-17(4-2)8-9-18-11-12(10-15)13-6-5-7-16-14(13)18/h5-7,11H,3-4,8-10,15H2,1-2H3. The summed E-state index contributed by atoms with van der Waals surface area (Å²) in [6, 6.07) is 4.06. The predicted molar refractivity (Wildman–Crippen MR) is 75.4 cm³/mol. The molecule has 0 spiro atoms. The summed E-state index contributed by atoms with van der Waals surface area (Å²) in [4.78, 5) is 6.88. The Balaban J connectivity index is 2.22. The topological polar surface area (TPSA) is 47.1 Å². The van der Waals surface area contributed by atoms with Gasteiger partial charge in [0.25, 0.3) is 0 Å². The second kappa shape index (κ2) is 5.98. The Morgan fingerprint density at radius 2 is 2.11 bits per heavy atom. The molecule has 0 unspecified atom stereocenters. The Labute approximate surface area is 108 Å². The van der Waals surface area contributed by atoms with Gasteiger partial charge in [-0.25, -0.2) is 4.98 Å². The van der Waals surface area contributed by atoms with Crippen molar-refractivity contribution in [2.45, 2.75) is 26.9 Å². The van der Waals surface area contributed by atoms with Crippen molar-refractivity contribution in [3.63, 3.8) is 0 Å². The molecule has 2 aromatic rings. The number of pyridine rings is 1. The molecule has 0 aliphatic carbocycles. The van der Waals surface area contributed by atoms with Gasteiger partial charge >= 0.3 is 0 Å². The van der Waals surface area contributed by atoms with Crippen LogP contribution in [0.15, 0.2) is 24.5 Å². The molecule has 0 aliphatic heterocycles. The molecular formula is C14H22N4. The largest absolute Gasteiger partial charge is 0.331 e. The third-order valence-corrected chi connectivity index (χ3v) is 3.49. The molecule has 0 aliphatic rings. The van der Waals surface area contributed by atoms with E-state index in [0.717, 1.165) is 31.8 Å². The SMILES string of the molecule is CCN(CC)CCn1cc(CN)c2cccnc21. The maximum absolute atomic E-state index is 5.79. The van der Waals surface area contributed by atoms with Crippen LogP contribution in [0.25, 0.3) is 11.0 Å². The van der Waals surface area contributed by atoms with Crippen molar-refractivity contribution in [2.75, 3.05) is 19.6 Å². The van der Waals surface area contributed by atoms with Gasteiger partial charge in [0, 0.05) is 37.4 Å². The molecule has 0 saturated heterocycles. The average Bonchev–Trinajstić information content (AvgIpc) is 2.78. The van der Waals surface area contributed by atoms with Crippen molar-refractivity contribution < 1.29 is 0 Å². The van der Waals surface area contributed by atoms with Gasteiger partial charge in [0.05, 0.1) is 0 Å². The molecule has 2 aromatic heterocycles. The summed E-state index contributed by atoms with van der Waals surface area (Å²) in [5, 5.41) is 1.18. The highest BCUT2D eigenvalue weighted by Crippen LogP contribution is 2.18. The maximum atomic E-state index is 5.79. The number of aromatic nitrogens is 2. The van der Waals surface area contributed by atoms with E-state index in [1.54, 1.807) is 0 Å². The molecule has 4 nitrogen and oxygen atoms in total. The van der Waals surface area contributed by atoms with Gasteiger partial charge in [0.2, 0.25) is 0 Å². The van der Waals surface area contributed by atoms with Crippen LogP contribution in [0.4, 0.5) is 0 Å². The molecule has 0 saturated carbocycles. The molecule has 2 heterocycles. The first-order valence-electron chi connectivity index (χ1n) is 6.65. The van der Waals surface area contributed by atoms with Crippen LogP contribution < -0.4 is 5.73 Å². The third-order valence-electron chi connectivity index (χ3n) is 3.49. The van der Waals surface area contributed by atoms with E-state index in [0.29, 0.717) is 6.54 Å². The summed E-state index contributed by atoms with van der Waals surface area (Å²) in [5.41, 5.74) is 8.01. The number of hydrogen-bond donors (Lipinski definition) is 1. The summed E-state index contributed by atoms with van der Waals surface area (Å²) in [6.07, 6.45) is 3.98. The van der Waals surface area contributed by atoms with Gasteiger partial charge in [0.1, 0.15) is 5.65 Å². The highest BCUT2D eigenvalue weighted by molar-refractivity contribution is 5.80. The fraction of sp³-hybridized carbons (Fsp3) is 0.500. The van der Waals surface area contributed by atoms with Crippen molar-refractivity contribution in [1.82, 2.24) is 14.5 Å². The van der Waals surface area contributed by atoms with Gasteiger partial charge in [-0.05, 0) is 30.8 Å². The summed E-state index contributed by atoms with van der Waals surface area (Å²) in [5.74, 6) is 0. The minimum atomic E-state index is 0.570. The van der Waals surface area contributed by atoms with Crippen molar-refractivity contribution in [2.24, 2.45) is 5.73 Å². The van der Waals surface area contributed by atoms with Crippen molar-refractivity contribution >= 4 is 11.0 Å². The fourth-order valence-corrected chi connectivity index (χ4v) is 2.32. The van der Waals surface area contributed by atoms with Crippen molar-refractivity contribution in [3.8, 4) is 0 Å². The summed E-state index contributed by atoms with van der Waals surface area (Å²) >= 11 is 0. The van der Waals surface area contributed by atoms with Crippen LogP contribution in [0.1, 0.15) is 19.4 Å². The molecule has 0 amide bonds. The van der Waals surface area contributed by atoms with Gasteiger partial charge in [0.15, 0.2) is 0 Å². The summed E-state index contributed by atoms with van der Waals surface area (Å²) in [7, 11) is 0. The van der Waals surface area contributed by atoms with E-state index in [1.807, 2.05) is 12.3 Å². The Morgan fingerprint density at radius 3 is 2.78 bits per heavy atom. The van der Waals surface area contributed by atoms with Crippen LogP contribution >= 0.6 is 0 Å². The molecule has 4 heteroatoms. The zero-order valence-corrected chi connectivity index (χ0v) is 11.3. The van der Waals surface area contributed by atoms with E-state index in [4.69, 9.17) is 5.73 Å². The Hall–Kier alpha value is -1.39. The number of rotatable bonds is 6. The molecule has 0 bridgehead atoms. The molecule has 2 rings (SSSR count). The lowest BCUT2D eigenvalue weighted by Crippen LogP contribution is -2.26. The second-order valence-corrected chi connectivity index (χ2v) is 4.45.